The Labute approximate surface area is 160 Å². The largest absolute Gasteiger partial charge is 0.455 e. The van der Waals surface area contributed by atoms with Crippen molar-refractivity contribution in [1.82, 2.24) is 10.2 Å². The number of amides is 2. The first-order chi connectivity index (χ1) is 12.8. The molecule has 0 bridgehead atoms. The number of para-hydroxylation sites is 2. The van der Waals surface area contributed by atoms with Crippen LogP contribution >= 0.6 is 0 Å². The van der Waals surface area contributed by atoms with E-state index in [1.807, 2.05) is 57.2 Å². The van der Waals surface area contributed by atoms with Gasteiger partial charge >= 0.3 is 0 Å². The number of hydrogen-bond donors (Lipinski definition) is 2. The van der Waals surface area contributed by atoms with E-state index in [0.717, 1.165) is 5.56 Å². The fraction of sp³-hybridized carbons (Fsp3) is 0.333. The molecule has 0 radical (unpaired) electrons. The van der Waals surface area contributed by atoms with E-state index in [1.165, 1.54) is 0 Å². The van der Waals surface area contributed by atoms with Crippen molar-refractivity contribution in [1.29, 1.82) is 0 Å². The molecule has 2 rings (SSSR count). The second kappa shape index (κ2) is 9.73. The smallest absolute Gasteiger partial charge is 0.238 e. The van der Waals surface area contributed by atoms with E-state index in [9.17, 15) is 9.59 Å². The van der Waals surface area contributed by atoms with Gasteiger partial charge in [0.05, 0.1) is 18.8 Å². The zero-order valence-corrected chi connectivity index (χ0v) is 16.3. The monoisotopic (exact) mass is 369 g/mol. The fourth-order valence-electron chi connectivity index (χ4n) is 2.50. The Morgan fingerprint density at radius 2 is 1.63 bits per heavy atom. The van der Waals surface area contributed by atoms with Gasteiger partial charge in [0, 0.05) is 6.04 Å². The van der Waals surface area contributed by atoms with Crippen molar-refractivity contribution in [2.45, 2.75) is 26.8 Å². The van der Waals surface area contributed by atoms with Crippen molar-refractivity contribution < 1.29 is 14.3 Å². The minimum atomic E-state index is -0.213. The molecule has 0 unspecified atom stereocenters. The number of likely N-dealkylation sites (N-methyl/N-ethyl adjacent to an activating group) is 1. The minimum absolute atomic E-state index is 0.0746. The summed E-state index contributed by atoms with van der Waals surface area (Å²) in [6.45, 7) is 6.07. The van der Waals surface area contributed by atoms with Crippen molar-refractivity contribution >= 4 is 17.5 Å². The standard InChI is InChI=1S/C21H27N3O3/c1-15(2)22-20(25)13-24(4)14-21(26)23-18-7-5-6-8-19(18)27-17-11-9-16(3)10-12-17/h5-12,15H,13-14H2,1-4H3,(H,22,25)(H,23,26). The molecule has 0 saturated carbocycles. The normalized spacial score (nSPS) is 10.7. The molecule has 2 amide bonds. The predicted molar refractivity (Wildman–Crippen MR) is 107 cm³/mol. The molecular formula is C21H27N3O3. The highest BCUT2D eigenvalue weighted by atomic mass is 16.5. The van der Waals surface area contributed by atoms with Crippen LogP contribution in [0.15, 0.2) is 48.5 Å². The van der Waals surface area contributed by atoms with Gasteiger partial charge in [0.15, 0.2) is 5.75 Å². The van der Waals surface area contributed by atoms with Gasteiger partial charge in [-0.05, 0) is 52.1 Å². The number of carbonyl (C=O) groups excluding carboxylic acids is 2. The van der Waals surface area contributed by atoms with Crippen LogP contribution in [-0.2, 0) is 9.59 Å². The summed E-state index contributed by atoms with van der Waals surface area (Å²) >= 11 is 0. The quantitative estimate of drug-likeness (QED) is 0.750. The average molecular weight is 369 g/mol. The summed E-state index contributed by atoms with van der Waals surface area (Å²) in [7, 11) is 1.73. The highest BCUT2D eigenvalue weighted by Crippen LogP contribution is 2.29. The number of nitrogens with one attached hydrogen (secondary N) is 2. The number of benzene rings is 2. The summed E-state index contributed by atoms with van der Waals surface area (Å²) in [5.74, 6) is 0.942. The molecule has 6 nitrogen and oxygen atoms in total. The molecule has 2 N–H and O–H groups in total. The summed E-state index contributed by atoms with van der Waals surface area (Å²) in [6, 6.07) is 15.0. The van der Waals surface area contributed by atoms with Crippen LogP contribution in [0.3, 0.4) is 0 Å². The van der Waals surface area contributed by atoms with Crippen LogP contribution in [0.4, 0.5) is 5.69 Å². The third-order valence-corrected chi connectivity index (χ3v) is 3.69. The predicted octanol–water partition coefficient (Wildman–Crippen LogP) is 3.18. The molecule has 2 aromatic rings. The zero-order chi connectivity index (χ0) is 19.8. The highest BCUT2D eigenvalue weighted by molar-refractivity contribution is 5.94. The van der Waals surface area contributed by atoms with Crippen molar-refractivity contribution in [3.63, 3.8) is 0 Å². The summed E-state index contributed by atoms with van der Waals surface area (Å²) in [5, 5.41) is 5.65. The lowest BCUT2D eigenvalue weighted by Gasteiger charge is -2.18. The van der Waals surface area contributed by atoms with E-state index in [-0.39, 0.29) is 30.9 Å². The topological polar surface area (TPSA) is 70.7 Å². The molecule has 6 heteroatoms. The Bertz CT molecular complexity index is 772. The summed E-state index contributed by atoms with van der Waals surface area (Å²) in [6.07, 6.45) is 0. The summed E-state index contributed by atoms with van der Waals surface area (Å²) in [5.41, 5.74) is 1.73. The lowest BCUT2D eigenvalue weighted by atomic mass is 10.2. The summed E-state index contributed by atoms with van der Waals surface area (Å²) < 4.78 is 5.89. The Hall–Kier alpha value is -2.86. The van der Waals surface area contributed by atoms with Crippen LogP contribution in [0.2, 0.25) is 0 Å². The number of hydrogen-bond acceptors (Lipinski definition) is 4. The molecule has 0 heterocycles. The van der Waals surface area contributed by atoms with Crippen LogP contribution in [-0.4, -0.2) is 42.9 Å². The van der Waals surface area contributed by atoms with Gasteiger partial charge in [0.2, 0.25) is 11.8 Å². The number of aryl methyl sites for hydroxylation is 1. The molecule has 2 aromatic carbocycles. The third kappa shape index (κ3) is 7.11. The second-order valence-corrected chi connectivity index (χ2v) is 6.85. The van der Waals surface area contributed by atoms with E-state index in [4.69, 9.17) is 4.74 Å². The molecule has 0 aliphatic rings. The van der Waals surface area contributed by atoms with Crippen molar-refractivity contribution in [3.05, 3.63) is 54.1 Å². The van der Waals surface area contributed by atoms with E-state index in [2.05, 4.69) is 10.6 Å². The molecule has 144 valence electrons. The maximum absolute atomic E-state index is 12.3. The molecule has 0 fully saturated rings. The number of rotatable bonds is 8. The first-order valence-corrected chi connectivity index (χ1v) is 8.95. The number of anilines is 1. The first-order valence-electron chi connectivity index (χ1n) is 8.95. The molecule has 0 aromatic heterocycles. The van der Waals surface area contributed by atoms with E-state index in [1.54, 1.807) is 24.1 Å². The van der Waals surface area contributed by atoms with Gasteiger partial charge in [0.1, 0.15) is 5.75 Å². The Balaban J connectivity index is 1.95. The highest BCUT2D eigenvalue weighted by Gasteiger charge is 2.13. The van der Waals surface area contributed by atoms with E-state index < -0.39 is 0 Å². The van der Waals surface area contributed by atoms with Gasteiger partial charge in [-0.1, -0.05) is 29.8 Å². The molecule has 0 aliphatic carbocycles. The zero-order valence-electron chi connectivity index (χ0n) is 16.3. The van der Waals surface area contributed by atoms with Crippen LogP contribution in [0.25, 0.3) is 0 Å². The molecule has 0 atom stereocenters. The first kappa shape index (κ1) is 20.5. The van der Waals surface area contributed by atoms with E-state index in [0.29, 0.717) is 17.2 Å². The van der Waals surface area contributed by atoms with Crippen molar-refractivity contribution in [3.8, 4) is 11.5 Å². The SMILES string of the molecule is Cc1ccc(Oc2ccccc2NC(=O)CN(C)CC(=O)NC(C)C)cc1. The minimum Gasteiger partial charge on any atom is -0.455 e. The van der Waals surface area contributed by atoms with Gasteiger partial charge in [-0.2, -0.15) is 0 Å². The van der Waals surface area contributed by atoms with Gasteiger partial charge in [-0.3, -0.25) is 14.5 Å². The lowest BCUT2D eigenvalue weighted by Crippen LogP contribution is -2.41. The maximum Gasteiger partial charge on any atom is 0.238 e. The van der Waals surface area contributed by atoms with Gasteiger partial charge in [-0.15, -0.1) is 0 Å². The average Bonchev–Trinajstić information content (AvgIpc) is 2.57. The van der Waals surface area contributed by atoms with Gasteiger partial charge < -0.3 is 15.4 Å². The van der Waals surface area contributed by atoms with Crippen molar-refractivity contribution in [2.24, 2.45) is 0 Å². The van der Waals surface area contributed by atoms with Crippen LogP contribution < -0.4 is 15.4 Å². The molecule has 27 heavy (non-hydrogen) atoms. The Kier molecular flexibility index (Phi) is 7.37. The molecule has 0 aliphatic heterocycles. The molecular weight excluding hydrogens is 342 g/mol. The molecule has 0 saturated heterocycles. The van der Waals surface area contributed by atoms with Crippen molar-refractivity contribution in [2.75, 3.05) is 25.5 Å². The van der Waals surface area contributed by atoms with Gasteiger partial charge in [-0.25, -0.2) is 0 Å². The number of nitrogens with zero attached hydrogens (tertiary/aromatic N) is 1. The Morgan fingerprint density at radius 1 is 1.00 bits per heavy atom. The number of carbonyl (C=O) groups is 2. The fourth-order valence-corrected chi connectivity index (χ4v) is 2.50. The third-order valence-electron chi connectivity index (χ3n) is 3.69. The van der Waals surface area contributed by atoms with Crippen LogP contribution in [0.5, 0.6) is 11.5 Å². The van der Waals surface area contributed by atoms with Crippen LogP contribution in [0, 0.1) is 6.92 Å². The van der Waals surface area contributed by atoms with Crippen LogP contribution in [0.1, 0.15) is 19.4 Å². The molecule has 0 spiro atoms. The Morgan fingerprint density at radius 3 is 2.30 bits per heavy atom. The summed E-state index contributed by atoms with van der Waals surface area (Å²) in [4.78, 5) is 25.8. The second-order valence-electron chi connectivity index (χ2n) is 6.85. The van der Waals surface area contributed by atoms with E-state index >= 15 is 0 Å². The maximum atomic E-state index is 12.3. The number of ether oxygens (including phenoxy) is 1. The van der Waals surface area contributed by atoms with Gasteiger partial charge in [0.25, 0.3) is 0 Å². The lowest BCUT2D eigenvalue weighted by molar-refractivity contribution is -0.123.